The highest BCUT2D eigenvalue weighted by Crippen LogP contribution is 2.55. The van der Waals surface area contributed by atoms with Crippen molar-refractivity contribution in [1.29, 1.82) is 0 Å². The lowest BCUT2D eigenvalue weighted by molar-refractivity contribution is 0.607. The molecule has 8 aromatic carbocycles. The van der Waals surface area contributed by atoms with Crippen LogP contribution in [0.3, 0.4) is 0 Å². The molecule has 0 saturated heterocycles. The zero-order valence-corrected chi connectivity index (χ0v) is 34.7. The standard InChI is InChI=1S/C59H48N2/c1-59(2)54-24-14-12-22-51(54)52-39-38-50(40-55(52)59)60(47-32-26-42(27-33-47)41-16-6-3-7-17-41)48-34-28-43(29-35-48)44-30-36-49(37-31-44)61-56-25-15-13-23-53(56)57(45-18-8-4-9-19-45)58(61)46-20-10-5-11-21-46/h3-13,15-23,25-40,57-58H,14,24H2,1-2H3. The van der Waals surface area contributed by atoms with E-state index in [4.69, 9.17) is 0 Å². The van der Waals surface area contributed by atoms with E-state index in [1.807, 2.05) is 0 Å². The van der Waals surface area contributed by atoms with Crippen LogP contribution >= 0.6 is 0 Å². The maximum Gasteiger partial charge on any atom is 0.0701 e. The number of anilines is 5. The molecule has 2 nitrogen and oxygen atoms in total. The van der Waals surface area contributed by atoms with Crippen LogP contribution in [0.4, 0.5) is 28.4 Å². The Kier molecular flexibility index (Phi) is 9.16. The normalized spacial score (nSPS) is 17.2. The molecule has 0 spiro atoms. The van der Waals surface area contributed by atoms with Gasteiger partial charge in [0.15, 0.2) is 0 Å². The molecule has 8 aromatic rings. The summed E-state index contributed by atoms with van der Waals surface area (Å²) in [4.78, 5) is 4.97. The summed E-state index contributed by atoms with van der Waals surface area (Å²) in [6, 6.07) is 76.2. The second kappa shape index (κ2) is 15.1. The molecule has 2 unspecified atom stereocenters. The topological polar surface area (TPSA) is 6.48 Å². The van der Waals surface area contributed by atoms with E-state index in [0.29, 0.717) is 0 Å². The minimum Gasteiger partial charge on any atom is -0.333 e. The minimum atomic E-state index is -0.00892. The van der Waals surface area contributed by atoms with Crippen LogP contribution in [0.5, 0.6) is 0 Å². The van der Waals surface area contributed by atoms with Gasteiger partial charge in [-0.05, 0) is 123 Å². The molecule has 0 amide bonds. The van der Waals surface area contributed by atoms with Crippen molar-refractivity contribution in [3.63, 3.8) is 0 Å². The van der Waals surface area contributed by atoms with Gasteiger partial charge in [-0.3, -0.25) is 0 Å². The third kappa shape index (κ3) is 6.42. The first-order valence-electron chi connectivity index (χ1n) is 21.7. The lowest BCUT2D eigenvalue weighted by Gasteiger charge is -2.31. The van der Waals surface area contributed by atoms with Crippen LogP contribution in [-0.4, -0.2) is 0 Å². The Labute approximate surface area is 360 Å². The number of nitrogens with zero attached hydrogens (tertiary/aromatic N) is 2. The van der Waals surface area contributed by atoms with E-state index in [2.05, 4.69) is 242 Å². The van der Waals surface area contributed by atoms with Crippen molar-refractivity contribution in [1.82, 2.24) is 0 Å². The molecule has 0 aromatic heterocycles. The van der Waals surface area contributed by atoms with Gasteiger partial charge in [0.05, 0.1) is 6.04 Å². The first-order valence-corrected chi connectivity index (χ1v) is 21.7. The first kappa shape index (κ1) is 36.9. The number of allylic oxidation sites excluding steroid dienone is 4. The summed E-state index contributed by atoms with van der Waals surface area (Å²) in [5, 5.41) is 0. The fraction of sp³-hybridized carbons (Fsp3) is 0.119. The Hall–Kier alpha value is -7.16. The Bertz CT molecular complexity index is 2910. The number of para-hydroxylation sites is 1. The summed E-state index contributed by atoms with van der Waals surface area (Å²) < 4.78 is 0. The monoisotopic (exact) mass is 784 g/mol. The van der Waals surface area contributed by atoms with E-state index < -0.39 is 0 Å². The number of hydrogen-bond donors (Lipinski definition) is 0. The molecular formula is C59H48N2. The predicted octanol–water partition coefficient (Wildman–Crippen LogP) is 15.9. The maximum absolute atomic E-state index is 2.55. The summed E-state index contributed by atoms with van der Waals surface area (Å²) in [5.41, 5.74) is 20.5. The highest BCUT2D eigenvalue weighted by Gasteiger charge is 2.41. The Balaban J connectivity index is 0.944. The molecule has 0 N–H and O–H groups in total. The highest BCUT2D eigenvalue weighted by molar-refractivity contribution is 5.89. The largest absolute Gasteiger partial charge is 0.333 e. The van der Waals surface area contributed by atoms with Gasteiger partial charge in [-0.15, -0.1) is 0 Å². The van der Waals surface area contributed by atoms with Crippen LogP contribution in [0.25, 0.3) is 27.8 Å². The molecule has 2 aliphatic carbocycles. The number of benzene rings is 8. The van der Waals surface area contributed by atoms with Crippen LogP contribution in [0.2, 0.25) is 0 Å². The van der Waals surface area contributed by atoms with Crippen LogP contribution in [0.1, 0.15) is 66.5 Å². The van der Waals surface area contributed by atoms with Crippen LogP contribution in [0.15, 0.2) is 224 Å². The molecule has 294 valence electrons. The summed E-state index contributed by atoms with van der Waals surface area (Å²) >= 11 is 0. The SMILES string of the molecule is CC1(C)C2=C(C=CCC2)c2ccc(N(c3ccc(-c4ccccc4)cc3)c3ccc(-c4ccc(N5c6ccccc6C(c6ccccc6)C5c5ccccc5)cc4)cc3)cc21. The molecule has 0 fully saturated rings. The van der Waals surface area contributed by atoms with Crippen molar-refractivity contribution in [2.24, 2.45) is 0 Å². The van der Waals surface area contributed by atoms with Crippen LogP contribution < -0.4 is 9.80 Å². The second-order valence-corrected chi connectivity index (χ2v) is 17.2. The molecule has 0 bridgehead atoms. The van der Waals surface area contributed by atoms with E-state index in [-0.39, 0.29) is 17.4 Å². The summed E-state index contributed by atoms with van der Waals surface area (Å²) in [7, 11) is 0. The second-order valence-electron chi connectivity index (χ2n) is 17.2. The highest BCUT2D eigenvalue weighted by atomic mass is 15.2. The van der Waals surface area contributed by atoms with E-state index in [9.17, 15) is 0 Å². The Morgan fingerprint density at radius 2 is 1.03 bits per heavy atom. The van der Waals surface area contributed by atoms with Gasteiger partial charge in [0, 0.05) is 39.8 Å². The van der Waals surface area contributed by atoms with Crippen molar-refractivity contribution in [3.8, 4) is 22.3 Å². The number of rotatable bonds is 8. The van der Waals surface area contributed by atoms with Crippen molar-refractivity contribution < 1.29 is 0 Å². The van der Waals surface area contributed by atoms with Gasteiger partial charge in [0.1, 0.15) is 0 Å². The molecule has 2 heteroatoms. The van der Waals surface area contributed by atoms with Crippen LogP contribution in [-0.2, 0) is 5.41 Å². The smallest absolute Gasteiger partial charge is 0.0701 e. The fourth-order valence-electron chi connectivity index (χ4n) is 10.4. The van der Waals surface area contributed by atoms with Crippen LogP contribution in [0, 0.1) is 0 Å². The minimum absolute atomic E-state index is 0.00892. The molecule has 0 radical (unpaired) electrons. The number of fused-ring (bicyclic) bond motifs is 3. The number of hydrogen-bond acceptors (Lipinski definition) is 2. The van der Waals surface area contributed by atoms with Gasteiger partial charge in [-0.25, -0.2) is 0 Å². The average Bonchev–Trinajstić information content (AvgIpc) is 3.79. The van der Waals surface area contributed by atoms with Crippen molar-refractivity contribution in [3.05, 3.63) is 252 Å². The summed E-state index contributed by atoms with van der Waals surface area (Å²) in [6.45, 7) is 4.81. The predicted molar refractivity (Wildman–Crippen MR) is 256 cm³/mol. The molecule has 0 saturated carbocycles. The average molecular weight is 785 g/mol. The Morgan fingerprint density at radius 3 is 1.67 bits per heavy atom. The molecule has 61 heavy (non-hydrogen) atoms. The zero-order valence-electron chi connectivity index (χ0n) is 34.7. The van der Waals surface area contributed by atoms with Gasteiger partial charge in [-0.2, -0.15) is 0 Å². The first-order chi connectivity index (χ1) is 30.0. The lowest BCUT2D eigenvalue weighted by Crippen LogP contribution is -2.22. The van der Waals surface area contributed by atoms with Crippen molar-refractivity contribution in [2.45, 2.75) is 44.1 Å². The van der Waals surface area contributed by atoms with Gasteiger partial charge in [0.25, 0.3) is 0 Å². The zero-order chi connectivity index (χ0) is 40.9. The molecular weight excluding hydrogens is 737 g/mol. The fourth-order valence-corrected chi connectivity index (χ4v) is 10.4. The summed E-state index contributed by atoms with van der Waals surface area (Å²) in [5.74, 6) is 0.208. The van der Waals surface area contributed by atoms with Gasteiger partial charge in [-0.1, -0.05) is 183 Å². The van der Waals surface area contributed by atoms with Gasteiger partial charge >= 0.3 is 0 Å². The van der Waals surface area contributed by atoms with Crippen molar-refractivity contribution in [2.75, 3.05) is 9.80 Å². The lowest BCUT2D eigenvalue weighted by atomic mass is 9.78. The maximum atomic E-state index is 2.55. The van der Waals surface area contributed by atoms with Gasteiger partial charge < -0.3 is 9.80 Å². The van der Waals surface area contributed by atoms with Crippen molar-refractivity contribution >= 4 is 34.0 Å². The van der Waals surface area contributed by atoms with E-state index in [1.165, 1.54) is 72.7 Å². The third-order valence-electron chi connectivity index (χ3n) is 13.4. The summed E-state index contributed by atoms with van der Waals surface area (Å²) in [6.07, 6.45) is 6.93. The van der Waals surface area contributed by atoms with Gasteiger partial charge in [0.2, 0.25) is 0 Å². The quantitative estimate of drug-likeness (QED) is 0.151. The molecule has 1 heterocycles. The van der Waals surface area contributed by atoms with E-state index in [1.54, 1.807) is 5.57 Å². The van der Waals surface area contributed by atoms with E-state index >= 15 is 0 Å². The third-order valence-corrected chi connectivity index (χ3v) is 13.4. The van der Waals surface area contributed by atoms with E-state index in [0.717, 1.165) is 24.2 Å². The molecule has 2 atom stereocenters. The molecule has 1 aliphatic heterocycles. The molecule has 3 aliphatic rings. The molecule has 11 rings (SSSR count). The Morgan fingerprint density at radius 1 is 0.508 bits per heavy atom.